The fourth-order valence-corrected chi connectivity index (χ4v) is 3.60. The summed E-state index contributed by atoms with van der Waals surface area (Å²) >= 11 is 19.5. The van der Waals surface area contributed by atoms with Crippen molar-refractivity contribution >= 4 is 58.3 Å². The molecule has 0 aliphatic heterocycles. The minimum Gasteiger partial charge on any atom is -0.309 e. The highest BCUT2D eigenvalue weighted by molar-refractivity contribution is 7.99. The first-order valence-corrected chi connectivity index (χ1v) is 9.88. The predicted molar refractivity (Wildman–Crippen MR) is 110 cm³/mol. The monoisotopic (exact) mass is 441 g/mol. The van der Waals surface area contributed by atoms with Gasteiger partial charge in [0, 0.05) is 12.6 Å². The molecule has 0 aliphatic rings. The van der Waals surface area contributed by atoms with E-state index in [2.05, 4.69) is 20.5 Å². The number of aryl methyl sites for hydroxylation is 1. The minimum absolute atomic E-state index is 0.119. The number of hydrogen-bond donors (Lipinski definition) is 1. The number of halogens is 3. The molecule has 27 heavy (non-hydrogen) atoms. The molecule has 1 aromatic carbocycles. The summed E-state index contributed by atoms with van der Waals surface area (Å²) in [4.78, 5) is 16.4. The molecule has 0 unspecified atom stereocenters. The summed E-state index contributed by atoms with van der Waals surface area (Å²) in [5.74, 6) is 0.757. The molecule has 0 saturated carbocycles. The van der Waals surface area contributed by atoms with Crippen molar-refractivity contribution in [3.63, 3.8) is 0 Å². The first kappa shape index (κ1) is 19.9. The maximum atomic E-state index is 12.2. The van der Waals surface area contributed by atoms with Gasteiger partial charge >= 0.3 is 0 Å². The van der Waals surface area contributed by atoms with E-state index in [1.165, 1.54) is 11.8 Å². The Bertz CT molecular complexity index is 1010. The molecule has 0 aliphatic carbocycles. The zero-order chi connectivity index (χ0) is 19.6. The van der Waals surface area contributed by atoms with E-state index in [9.17, 15) is 4.79 Å². The molecule has 0 bridgehead atoms. The highest BCUT2D eigenvalue weighted by Gasteiger charge is 2.16. The van der Waals surface area contributed by atoms with Gasteiger partial charge in [-0.05, 0) is 25.1 Å². The number of anilines is 1. The summed E-state index contributed by atoms with van der Waals surface area (Å²) in [6.45, 7) is 1.73. The Hall–Kier alpha value is -1.80. The SMILES string of the molecule is Cc1nc(NC(=O)CSc2nnc(-c3ccccc3Cl)n2C)c(Cl)cc1Cl. The first-order chi connectivity index (χ1) is 12.9. The van der Waals surface area contributed by atoms with Gasteiger partial charge in [-0.3, -0.25) is 4.79 Å². The standard InChI is InChI=1S/C17H14Cl3N5OS/c1-9-12(19)7-13(20)15(21-9)22-14(26)8-27-17-24-23-16(25(17)2)10-5-3-4-6-11(10)18/h3-7H,8H2,1-2H3,(H,21,22,26). The third kappa shape index (κ3) is 4.55. The second kappa shape index (κ2) is 8.48. The van der Waals surface area contributed by atoms with E-state index in [4.69, 9.17) is 34.8 Å². The molecule has 0 atom stereocenters. The number of nitrogens with one attached hydrogen (secondary N) is 1. The molecule has 2 heterocycles. The van der Waals surface area contributed by atoms with Crippen molar-refractivity contribution in [2.24, 2.45) is 7.05 Å². The van der Waals surface area contributed by atoms with Crippen LogP contribution in [0.15, 0.2) is 35.5 Å². The Kier molecular flexibility index (Phi) is 6.26. The summed E-state index contributed by atoms with van der Waals surface area (Å²) in [6.07, 6.45) is 0. The quantitative estimate of drug-likeness (QED) is 0.570. The van der Waals surface area contributed by atoms with Gasteiger partial charge in [0.1, 0.15) is 0 Å². The summed E-state index contributed by atoms with van der Waals surface area (Å²) < 4.78 is 1.79. The minimum atomic E-state index is -0.265. The van der Waals surface area contributed by atoms with Crippen LogP contribution in [0.4, 0.5) is 5.82 Å². The second-order valence-corrected chi connectivity index (χ2v) is 7.73. The van der Waals surface area contributed by atoms with Gasteiger partial charge in [-0.25, -0.2) is 4.98 Å². The molecule has 0 saturated heterocycles. The van der Waals surface area contributed by atoms with Gasteiger partial charge in [-0.2, -0.15) is 0 Å². The van der Waals surface area contributed by atoms with E-state index < -0.39 is 0 Å². The van der Waals surface area contributed by atoms with E-state index in [-0.39, 0.29) is 22.5 Å². The molecule has 0 spiro atoms. The predicted octanol–water partition coefficient (Wildman–Crippen LogP) is 4.88. The van der Waals surface area contributed by atoms with E-state index in [1.54, 1.807) is 23.6 Å². The molecule has 140 valence electrons. The van der Waals surface area contributed by atoms with E-state index in [0.29, 0.717) is 26.7 Å². The van der Waals surface area contributed by atoms with Gasteiger partial charge in [0.05, 0.1) is 26.5 Å². The number of aromatic nitrogens is 4. The van der Waals surface area contributed by atoms with E-state index in [1.807, 2.05) is 25.2 Å². The number of rotatable bonds is 5. The first-order valence-electron chi connectivity index (χ1n) is 7.76. The van der Waals surface area contributed by atoms with Gasteiger partial charge in [-0.15, -0.1) is 10.2 Å². The average Bonchev–Trinajstić information content (AvgIpc) is 2.99. The molecule has 0 fully saturated rings. The molecular weight excluding hydrogens is 429 g/mol. The molecule has 3 rings (SSSR count). The third-order valence-electron chi connectivity index (χ3n) is 3.64. The van der Waals surface area contributed by atoms with Crippen LogP contribution in [0, 0.1) is 6.92 Å². The Morgan fingerprint density at radius 2 is 1.89 bits per heavy atom. The second-order valence-electron chi connectivity index (χ2n) is 5.57. The number of carbonyl (C=O) groups is 1. The van der Waals surface area contributed by atoms with Gasteiger partial charge < -0.3 is 9.88 Å². The summed E-state index contributed by atoms with van der Waals surface area (Å²) in [5, 5.41) is 12.9. The van der Waals surface area contributed by atoms with Crippen LogP contribution in [-0.4, -0.2) is 31.4 Å². The number of amides is 1. The Morgan fingerprint density at radius 3 is 2.63 bits per heavy atom. The van der Waals surface area contributed by atoms with Crippen molar-refractivity contribution in [3.05, 3.63) is 51.1 Å². The normalized spacial score (nSPS) is 10.9. The lowest BCUT2D eigenvalue weighted by Crippen LogP contribution is -2.16. The highest BCUT2D eigenvalue weighted by atomic mass is 35.5. The zero-order valence-corrected chi connectivity index (χ0v) is 17.4. The molecule has 1 amide bonds. The maximum absolute atomic E-state index is 12.2. The molecule has 6 nitrogen and oxygen atoms in total. The number of thioether (sulfide) groups is 1. The molecule has 1 N–H and O–H groups in total. The van der Waals surface area contributed by atoms with Crippen molar-refractivity contribution in [2.75, 3.05) is 11.1 Å². The molecular formula is C17H14Cl3N5OS. The molecule has 2 aromatic heterocycles. The average molecular weight is 443 g/mol. The Balaban J connectivity index is 1.68. The fraction of sp³-hybridized carbons (Fsp3) is 0.176. The van der Waals surface area contributed by atoms with Gasteiger partial charge in [-0.1, -0.05) is 58.7 Å². The lowest BCUT2D eigenvalue weighted by atomic mass is 10.2. The van der Waals surface area contributed by atoms with Crippen LogP contribution in [0.1, 0.15) is 5.69 Å². The van der Waals surface area contributed by atoms with Crippen LogP contribution < -0.4 is 5.32 Å². The van der Waals surface area contributed by atoms with Gasteiger partial charge in [0.15, 0.2) is 16.8 Å². The lowest BCUT2D eigenvalue weighted by Gasteiger charge is -2.08. The summed E-state index contributed by atoms with van der Waals surface area (Å²) in [5.41, 5.74) is 1.36. The van der Waals surface area contributed by atoms with Crippen LogP contribution in [0.2, 0.25) is 15.1 Å². The topological polar surface area (TPSA) is 72.7 Å². The van der Waals surface area contributed by atoms with Crippen molar-refractivity contribution in [2.45, 2.75) is 12.1 Å². The van der Waals surface area contributed by atoms with Crippen molar-refractivity contribution in [1.82, 2.24) is 19.7 Å². The van der Waals surface area contributed by atoms with Gasteiger partial charge in [0.25, 0.3) is 0 Å². The summed E-state index contributed by atoms with van der Waals surface area (Å²) in [7, 11) is 1.82. The smallest absolute Gasteiger partial charge is 0.236 e. The van der Waals surface area contributed by atoms with Crippen LogP contribution in [0.3, 0.4) is 0 Å². The maximum Gasteiger partial charge on any atom is 0.236 e. The Labute approximate surface area is 175 Å². The molecule has 10 heteroatoms. The number of pyridine rings is 1. The van der Waals surface area contributed by atoms with Gasteiger partial charge in [0.2, 0.25) is 5.91 Å². The van der Waals surface area contributed by atoms with E-state index >= 15 is 0 Å². The van der Waals surface area contributed by atoms with Crippen molar-refractivity contribution in [1.29, 1.82) is 0 Å². The van der Waals surface area contributed by atoms with Crippen LogP contribution in [0.25, 0.3) is 11.4 Å². The largest absolute Gasteiger partial charge is 0.309 e. The highest BCUT2D eigenvalue weighted by Crippen LogP contribution is 2.29. The number of benzene rings is 1. The molecule has 0 radical (unpaired) electrons. The fourth-order valence-electron chi connectivity index (χ4n) is 2.26. The van der Waals surface area contributed by atoms with Crippen LogP contribution in [0.5, 0.6) is 0 Å². The lowest BCUT2D eigenvalue weighted by molar-refractivity contribution is -0.113. The van der Waals surface area contributed by atoms with Crippen molar-refractivity contribution in [3.8, 4) is 11.4 Å². The zero-order valence-electron chi connectivity index (χ0n) is 14.3. The number of carbonyl (C=O) groups excluding carboxylic acids is 1. The summed E-state index contributed by atoms with van der Waals surface area (Å²) in [6, 6.07) is 8.92. The number of hydrogen-bond acceptors (Lipinski definition) is 5. The van der Waals surface area contributed by atoms with Crippen molar-refractivity contribution < 1.29 is 4.79 Å². The molecule has 3 aromatic rings. The third-order valence-corrected chi connectivity index (χ3v) is 5.67. The Morgan fingerprint density at radius 1 is 1.15 bits per heavy atom. The van der Waals surface area contributed by atoms with Crippen LogP contribution >= 0.6 is 46.6 Å². The van der Waals surface area contributed by atoms with Crippen LogP contribution in [-0.2, 0) is 11.8 Å². The number of nitrogens with zero attached hydrogens (tertiary/aromatic N) is 4. The van der Waals surface area contributed by atoms with E-state index in [0.717, 1.165) is 5.56 Å².